The first-order valence-corrected chi connectivity index (χ1v) is 8.90. The molecule has 3 rings (SSSR count). The summed E-state index contributed by atoms with van der Waals surface area (Å²) in [7, 11) is 0. The first kappa shape index (κ1) is 18.6. The Balaban J connectivity index is 1.74. The summed E-state index contributed by atoms with van der Waals surface area (Å²) >= 11 is 0. The lowest BCUT2D eigenvalue weighted by atomic mass is 10.0. The minimum atomic E-state index is -0.297. The molecule has 1 aromatic heterocycles. The van der Waals surface area contributed by atoms with Gasteiger partial charge in [0.1, 0.15) is 6.54 Å². The van der Waals surface area contributed by atoms with Crippen LogP contribution in [0.5, 0.6) is 0 Å². The third kappa shape index (κ3) is 4.70. The molecule has 0 spiro atoms. The zero-order valence-electron chi connectivity index (χ0n) is 15.8. The number of hydrogen-bond acceptors (Lipinski definition) is 3. The maximum atomic E-state index is 12.3. The van der Waals surface area contributed by atoms with Gasteiger partial charge in [0.15, 0.2) is 0 Å². The molecule has 0 bridgehead atoms. The van der Waals surface area contributed by atoms with Crippen LogP contribution < -0.4 is 10.9 Å². The predicted octanol–water partition coefficient (Wildman–Crippen LogP) is 3.15. The molecule has 0 unspecified atom stereocenters. The van der Waals surface area contributed by atoms with Crippen LogP contribution >= 0.6 is 0 Å². The van der Waals surface area contributed by atoms with E-state index in [-0.39, 0.29) is 18.0 Å². The Morgan fingerprint density at radius 1 is 0.963 bits per heavy atom. The van der Waals surface area contributed by atoms with E-state index in [9.17, 15) is 9.59 Å². The smallest absolute Gasteiger partial charge is 0.267 e. The van der Waals surface area contributed by atoms with Gasteiger partial charge in [-0.15, -0.1) is 0 Å². The summed E-state index contributed by atoms with van der Waals surface area (Å²) in [6.45, 7) is 6.34. The minimum Gasteiger partial charge on any atom is -0.350 e. The van der Waals surface area contributed by atoms with Crippen molar-refractivity contribution in [1.82, 2.24) is 15.1 Å². The third-order valence-corrected chi connectivity index (χ3v) is 4.44. The van der Waals surface area contributed by atoms with E-state index in [1.54, 1.807) is 6.07 Å². The molecule has 0 fully saturated rings. The summed E-state index contributed by atoms with van der Waals surface area (Å²) in [5, 5.41) is 7.23. The highest BCUT2D eigenvalue weighted by Crippen LogP contribution is 2.21. The molecule has 0 atom stereocenters. The number of amides is 1. The summed E-state index contributed by atoms with van der Waals surface area (Å²) in [5.74, 6) is -0.247. The third-order valence-electron chi connectivity index (χ3n) is 4.44. The molecule has 0 radical (unpaired) electrons. The molecule has 2 aromatic carbocycles. The fraction of sp³-hybridized carbons (Fsp3) is 0.227. The Labute approximate surface area is 158 Å². The highest BCUT2D eigenvalue weighted by atomic mass is 16.2. The molecule has 0 saturated heterocycles. The highest BCUT2D eigenvalue weighted by Gasteiger charge is 2.10. The van der Waals surface area contributed by atoms with E-state index in [1.165, 1.54) is 16.3 Å². The predicted molar refractivity (Wildman–Crippen MR) is 106 cm³/mol. The number of nitrogens with zero attached hydrogens (tertiary/aromatic N) is 2. The summed E-state index contributed by atoms with van der Waals surface area (Å²) in [5.41, 5.74) is 5.72. The van der Waals surface area contributed by atoms with Crippen LogP contribution in [0, 0.1) is 20.8 Å². The SMILES string of the molecule is Cc1ccc(CNC(=O)Cn2nc(-c3cc(C)ccc3C)ccc2=O)cc1. The number of nitrogens with one attached hydrogen (secondary N) is 1. The number of benzene rings is 2. The van der Waals surface area contributed by atoms with Gasteiger partial charge in [0, 0.05) is 18.2 Å². The topological polar surface area (TPSA) is 64.0 Å². The van der Waals surface area contributed by atoms with Crippen LogP contribution in [0.3, 0.4) is 0 Å². The molecular weight excluding hydrogens is 338 g/mol. The van der Waals surface area contributed by atoms with Crippen LogP contribution in [0.25, 0.3) is 11.3 Å². The highest BCUT2D eigenvalue weighted by molar-refractivity contribution is 5.75. The molecule has 5 heteroatoms. The molecule has 0 aliphatic rings. The normalized spacial score (nSPS) is 10.6. The second-order valence-corrected chi connectivity index (χ2v) is 6.80. The summed E-state index contributed by atoms with van der Waals surface area (Å²) in [6.07, 6.45) is 0. The second kappa shape index (κ2) is 7.99. The number of aromatic nitrogens is 2. The van der Waals surface area contributed by atoms with Gasteiger partial charge in [-0.2, -0.15) is 5.10 Å². The van der Waals surface area contributed by atoms with Crippen molar-refractivity contribution < 1.29 is 4.79 Å². The van der Waals surface area contributed by atoms with Crippen molar-refractivity contribution in [1.29, 1.82) is 0 Å². The number of carbonyl (C=O) groups is 1. The van der Waals surface area contributed by atoms with Crippen LogP contribution in [0.15, 0.2) is 59.4 Å². The van der Waals surface area contributed by atoms with Crippen LogP contribution in [-0.2, 0) is 17.9 Å². The van der Waals surface area contributed by atoms with E-state index < -0.39 is 0 Å². The van der Waals surface area contributed by atoms with Gasteiger partial charge in [0.05, 0.1) is 5.69 Å². The van der Waals surface area contributed by atoms with E-state index in [2.05, 4.69) is 10.4 Å². The van der Waals surface area contributed by atoms with Crippen molar-refractivity contribution in [2.75, 3.05) is 0 Å². The van der Waals surface area contributed by atoms with Crippen molar-refractivity contribution in [2.45, 2.75) is 33.9 Å². The standard InChI is InChI=1S/C22H23N3O2/c1-15-5-8-18(9-6-15)13-23-21(26)14-25-22(27)11-10-20(24-25)19-12-16(2)4-7-17(19)3/h4-12H,13-14H2,1-3H3,(H,23,26). The lowest BCUT2D eigenvalue weighted by Gasteiger charge is -2.10. The van der Waals surface area contributed by atoms with E-state index in [0.717, 1.165) is 22.3 Å². The van der Waals surface area contributed by atoms with E-state index in [1.807, 2.05) is 63.2 Å². The summed E-state index contributed by atoms with van der Waals surface area (Å²) < 4.78 is 1.21. The quantitative estimate of drug-likeness (QED) is 0.759. The Morgan fingerprint density at radius 3 is 2.41 bits per heavy atom. The molecule has 0 aliphatic heterocycles. The van der Waals surface area contributed by atoms with Crippen LogP contribution in [-0.4, -0.2) is 15.7 Å². The second-order valence-electron chi connectivity index (χ2n) is 6.80. The maximum absolute atomic E-state index is 12.3. The molecule has 27 heavy (non-hydrogen) atoms. The molecule has 5 nitrogen and oxygen atoms in total. The van der Waals surface area contributed by atoms with Crippen molar-refractivity contribution in [3.8, 4) is 11.3 Å². The molecule has 1 amide bonds. The van der Waals surface area contributed by atoms with Gasteiger partial charge in [0.2, 0.25) is 5.91 Å². The number of rotatable bonds is 5. The largest absolute Gasteiger partial charge is 0.350 e. The fourth-order valence-electron chi connectivity index (χ4n) is 2.82. The van der Waals surface area contributed by atoms with Crippen LogP contribution in [0.4, 0.5) is 0 Å². The minimum absolute atomic E-state index is 0.108. The number of aryl methyl sites for hydroxylation is 3. The van der Waals surface area contributed by atoms with Crippen LogP contribution in [0.1, 0.15) is 22.3 Å². The molecule has 138 valence electrons. The first-order valence-electron chi connectivity index (χ1n) is 8.90. The van der Waals surface area contributed by atoms with Crippen molar-refractivity contribution in [3.63, 3.8) is 0 Å². The Kier molecular flexibility index (Phi) is 5.50. The molecule has 0 aliphatic carbocycles. The number of hydrogen-bond donors (Lipinski definition) is 1. The van der Waals surface area contributed by atoms with Gasteiger partial charge < -0.3 is 5.32 Å². The van der Waals surface area contributed by atoms with Gasteiger partial charge in [-0.05, 0) is 44.0 Å². The lowest BCUT2D eigenvalue weighted by Crippen LogP contribution is -2.33. The van der Waals surface area contributed by atoms with Crippen molar-refractivity contribution >= 4 is 5.91 Å². The monoisotopic (exact) mass is 361 g/mol. The van der Waals surface area contributed by atoms with Crippen molar-refractivity contribution in [3.05, 3.63) is 87.2 Å². The average Bonchev–Trinajstić information content (AvgIpc) is 2.65. The van der Waals surface area contributed by atoms with Gasteiger partial charge in [-0.25, -0.2) is 4.68 Å². The summed E-state index contributed by atoms with van der Waals surface area (Å²) in [6, 6.07) is 17.2. The Morgan fingerprint density at radius 2 is 1.67 bits per heavy atom. The lowest BCUT2D eigenvalue weighted by molar-refractivity contribution is -0.122. The van der Waals surface area contributed by atoms with Crippen molar-refractivity contribution in [2.24, 2.45) is 0 Å². The molecule has 0 saturated carbocycles. The Bertz CT molecular complexity index is 1020. The van der Waals surface area contributed by atoms with Gasteiger partial charge >= 0.3 is 0 Å². The zero-order chi connectivity index (χ0) is 19.4. The van der Waals surface area contributed by atoms with Gasteiger partial charge in [0.25, 0.3) is 5.56 Å². The van der Waals surface area contributed by atoms with E-state index in [0.29, 0.717) is 12.2 Å². The zero-order valence-corrected chi connectivity index (χ0v) is 15.8. The number of carbonyl (C=O) groups excluding carboxylic acids is 1. The fourth-order valence-corrected chi connectivity index (χ4v) is 2.82. The van der Waals surface area contributed by atoms with Gasteiger partial charge in [-0.1, -0.05) is 47.5 Å². The Hall–Kier alpha value is -3.21. The first-order chi connectivity index (χ1) is 12.9. The maximum Gasteiger partial charge on any atom is 0.267 e. The molecular formula is C22H23N3O2. The van der Waals surface area contributed by atoms with Crippen LogP contribution in [0.2, 0.25) is 0 Å². The van der Waals surface area contributed by atoms with Gasteiger partial charge in [-0.3, -0.25) is 9.59 Å². The molecule has 1 heterocycles. The summed E-state index contributed by atoms with van der Waals surface area (Å²) in [4.78, 5) is 24.4. The molecule has 3 aromatic rings. The molecule has 1 N–H and O–H groups in total. The van der Waals surface area contributed by atoms with E-state index in [4.69, 9.17) is 0 Å². The average molecular weight is 361 g/mol. The van der Waals surface area contributed by atoms with E-state index >= 15 is 0 Å².